The van der Waals surface area contributed by atoms with Crippen molar-refractivity contribution in [2.45, 2.75) is 117 Å². The number of carbonyl (C=O) groups excluding carboxylic acids is 5. The molecular formula is C25H43N3O7. The number of carbonyl (C=O) groups is 5. The molecule has 1 saturated heterocycles. The highest BCUT2D eigenvalue weighted by Crippen LogP contribution is 2.31. The Morgan fingerprint density at radius 3 is 2.09 bits per heavy atom. The summed E-state index contributed by atoms with van der Waals surface area (Å²) in [5, 5.41) is 15.2. The smallest absolute Gasteiger partial charge is 0.408 e. The number of aliphatic hydroxyl groups excluding tert-OH is 1. The summed E-state index contributed by atoms with van der Waals surface area (Å²) in [6.45, 7) is 11.8. The zero-order valence-corrected chi connectivity index (χ0v) is 22.2. The van der Waals surface area contributed by atoms with Crippen LogP contribution < -0.4 is 10.6 Å². The summed E-state index contributed by atoms with van der Waals surface area (Å²) in [7, 11) is 0. The number of hydrogen-bond acceptors (Lipinski definition) is 7. The Bertz CT molecular complexity index is 772. The average molecular weight is 498 g/mol. The van der Waals surface area contributed by atoms with Crippen LogP contribution in [0, 0.1) is 5.92 Å². The van der Waals surface area contributed by atoms with Gasteiger partial charge in [0.15, 0.2) is 5.78 Å². The Balaban J connectivity index is 0.00000298. The molecule has 0 aromatic rings. The van der Waals surface area contributed by atoms with Crippen molar-refractivity contribution in [2.24, 2.45) is 5.92 Å². The van der Waals surface area contributed by atoms with Gasteiger partial charge in [0, 0.05) is 13.5 Å². The molecule has 10 nitrogen and oxygen atoms in total. The SMILES string of the molecule is CC.CC(=O)C(=O)C(CC1CCC1)NC(=O)C1CCCN1C(=O)C(NC(=O)OC(C)(C)C)C(C)O. The van der Waals surface area contributed by atoms with Crippen molar-refractivity contribution in [2.75, 3.05) is 6.54 Å². The van der Waals surface area contributed by atoms with Crippen LogP contribution in [0.1, 0.15) is 87.0 Å². The van der Waals surface area contributed by atoms with Crippen molar-refractivity contribution >= 4 is 29.5 Å². The molecule has 2 rings (SSSR count). The van der Waals surface area contributed by atoms with Crippen LogP contribution in [0.3, 0.4) is 0 Å². The van der Waals surface area contributed by atoms with Gasteiger partial charge in [0.1, 0.15) is 17.7 Å². The number of ether oxygens (including phenoxy) is 1. The number of hydrogen-bond donors (Lipinski definition) is 3. The number of aliphatic hydroxyl groups is 1. The Hall–Kier alpha value is -2.49. The normalized spacial score (nSPS) is 20.3. The van der Waals surface area contributed by atoms with Crippen molar-refractivity contribution in [1.82, 2.24) is 15.5 Å². The monoisotopic (exact) mass is 497 g/mol. The molecule has 0 spiro atoms. The summed E-state index contributed by atoms with van der Waals surface area (Å²) in [5.41, 5.74) is -0.787. The molecule has 4 atom stereocenters. The van der Waals surface area contributed by atoms with E-state index in [2.05, 4.69) is 10.6 Å². The summed E-state index contributed by atoms with van der Waals surface area (Å²) in [5.74, 6) is -2.09. The predicted molar refractivity (Wildman–Crippen MR) is 130 cm³/mol. The first-order chi connectivity index (χ1) is 16.3. The molecule has 0 aromatic carbocycles. The van der Waals surface area contributed by atoms with E-state index in [1.165, 1.54) is 18.7 Å². The van der Waals surface area contributed by atoms with E-state index in [1.54, 1.807) is 20.8 Å². The van der Waals surface area contributed by atoms with Gasteiger partial charge in [-0.3, -0.25) is 19.2 Å². The van der Waals surface area contributed by atoms with Gasteiger partial charge in [0.2, 0.25) is 17.6 Å². The average Bonchev–Trinajstić information content (AvgIpc) is 3.22. The van der Waals surface area contributed by atoms with Gasteiger partial charge in [0.25, 0.3) is 0 Å². The third-order valence-corrected chi connectivity index (χ3v) is 6.03. The fourth-order valence-corrected chi connectivity index (χ4v) is 4.11. The zero-order valence-electron chi connectivity index (χ0n) is 22.2. The second-order valence-electron chi connectivity index (χ2n) is 10.1. The lowest BCUT2D eigenvalue weighted by Gasteiger charge is -2.32. The molecule has 1 aliphatic heterocycles. The summed E-state index contributed by atoms with van der Waals surface area (Å²) >= 11 is 0. The van der Waals surface area contributed by atoms with Crippen molar-refractivity contribution in [3.63, 3.8) is 0 Å². The Labute approximate surface area is 208 Å². The lowest BCUT2D eigenvalue weighted by Crippen LogP contribution is -2.58. The van der Waals surface area contributed by atoms with E-state index >= 15 is 0 Å². The van der Waals surface area contributed by atoms with E-state index in [0.29, 0.717) is 19.3 Å². The highest BCUT2D eigenvalue weighted by atomic mass is 16.6. The highest BCUT2D eigenvalue weighted by Gasteiger charge is 2.41. The van der Waals surface area contributed by atoms with E-state index in [9.17, 15) is 29.1 Å². The first kappa shape index (κ1) is 30.5. The van der Waals surface area contributed by atoms with Gasteiger partial charge in [-0.2, -0.15) is 0 Å². The molecule has 3 amide bonds. The maximum Gasteiger partial charge on any atom is 0.408 e. The van der Waals surface area contributed by atoms with E-state index < -0.39 is 59.3 Å². The molecule has 0 bridgehead atoms. The topological polar surface area (TPSA) is 142 Å². The van der Waals surface area contributed by atoms with Crippen LogP contribution in [0.5, 0.6) is 0 Å². The van der Waals surface area contributed by atoms with E-state index in [0.717, 1.165) is 19.3 Å². The van der Waals surface area contributed by atoms with E-state index in [4.69, 9.17) is 4.74 Å². The minimum Gasteiger partial charge on any atom is -0.444 e. The molecule has 10 heteroatoms. The van der Waals surface area contributed by atoms with Crippen LogP contribution in [0.15, 0.2) is 0 Å². The second kappa shape index (κ2) is 13.6. The van der Waals surface area contributed by atoms with Crippen molar-refractivity contribution in [3.8, 4) is 0 Å². The number of ketones is 2. The maximum atomic E-state index is 13.2. The molecule has 2 aliphatic rings. The molecule has 200 valence electrons. The van der Waals surface area contributed by atoms with Crippen molar-refractivity contribution in [3.05, 3.63) is 0 Å². The second-order valence-corrected chi connectivity index (χ2v) is 10.1. The van der Waals surface area contributed by atoms with Crippen LogP contribution in [-0.2, 0) is 23.9 Å². The third-order valence-electron chi connectivity index (χ3n) is 6.03. The molecular weight excluding hydrogens is 454 g/mol. The fourth-order valence-electron chi connectivity index (χ4n) is 4.11. The lowest BCUT2D eigenvalue weighted by atomic mass is 9.80. The number of nitrogens with zero attached hydrogens (tertiary/aromatic N) is 1. The molecule has 35 heavy (non-hydrogen) atoms. The molecule has 1 saturated carbocycles. The van der Waals surface area contributed by atoms with Gasteiger partial charge in [-0.1, -0.05) is 33.1 Å². The fraction of sp³-hybridized carbons (Fsp3) is 0.800. The minimum absolute atomic E-state index is 0.268. The number of likely N-dealkylation sites (tertiary alicyclic amines) is 1. The molecule has 3 N–H and O–H groups in total. The summed E-state index contributed by atoms with van der Waals surface area (Å²) in [6, 6.07) is -3.06. The number of Topliss-reactive ketones (excluding diaryl/α,β-unsaturated/α-hetero) is 2. The van der Waals surface area contributed by atoms with Crippen LogP contribution in [-0.4, -0.2) is 75.9 Å². The van der Waals surface area contributed by atoms with Crippen LogP contribution in [0.4, 0.5) is 4.79 Å². The molecule has 0 aromatic heterocycles. The number of amides is 3. The van der Waals surface area contributed by atoms with Gasteiger partial charge in [0.05, 0.1) is 12.1 Å². The first-order valence-corrected chi connectivity index (χ1v) is 12.6. The van der Waals surface area contributed by atoms with Gasteiger partial charge < -0.3 is 25.4 Å². The number of alkyl carbamates (subject to hydrolysis) is 1. The van der Waals surface area contributed by atoms with E-state index in [1.807, 2.05) is 13.8 Å². The van der Waals surface area contributed by atoms with Gasteiger partial charge in [-0.15, -0.1) is 0 Å². The maximum absolute atomic E-state index is 13.2. The number of nitrogens with one attached hydrogen (secondary N) is 2. The van der Waals surface area contributed by atoms with Crippen molar-refractivity contribution < 1.29 is 33.8 Å². The van der Waals surface area contributed by atoms with Crippen LogP contribution >= 0.6 is 0 Å². The third kappa shape index (κ3) is 9.23. The Morgan fingerprint density at radius 2 is 1.63 bits per heavy atom. The Kier molecular flexibility index (Phi) is 11.8. The van der Waals surface area contributed by atoms with Gasteiger partial charge in [-0.25, -0.2) is 4.79 Å². The highest BCUT2D eigenvalue weighted by molar-refractivity contribution is 6.38. The van der Waals surface area contributed by atoms with Gasteiger partial charge >= 0.3 is 6.09 Å². The van der Waals surface area contributed by atoms with Crippen molar-refractivity contribution in [1.29, 1.82) is 0 Å². The summed E-state index contributed by atoms with van der Waals surface area (Å²) in [4.78, 5) is 63.7. The standard InChI is InChI=1S/C23H37N3O7.C2H6/c1-13(27)18(25-22(32)33-23(3,4)5)21(31)26-11-7-10-17(26)20(30)24-16(19(29)14(2)28)12-15-8-6-9-15;1-2/h13,15-18,27H,6-12H2,1-5H3,(H,24,30)(H,25,32);1-2H3. The Morgan fingerprint density at radius 1 is 1.03 bits per heavy atom. The molecule has 0 radical (unpaired) electrons. The molecule has 4 unspecified atom stereocenters. The first-order valence-electron chi connectivity index (χ1n) is 12.6. The molecule has 1 heterocycles. The van der Waals surface area contributed by atoms with Crippen LogP contribution in [0.25, 0.3) is 0 Å². The summed E-state index contributed by atoms with van der Waals surface area (Å²) < 4.78 is 5.18. The summed E-state index contributed by atoms with van der Waals surface area (Å²) in [6.07, 6.45) is 2.24. The largest absolute Gasteiger partial charge is 0.444 e. The van der Waals surface area contributed by atoms with Crippen LogP contribution in [0.2, 0.25) is 0 Å². The zero-order chi connectivity index (χ0) is 26.9. The van der Waals surface area contributed by atoms with E-state index in [-0.39, 0.29) is 12.5 Å². The lowest BCUT2D eigenvalue weighted by molar-refractivity contribution is -0.143. The van der Waals surface area contributed by atoms with Gasteiger partial charge in [-0.05, 0) is 52.9 Å². The molecule has 1 aliphatic carbocycles. The minimum atomic E-state index is -1.29. The molecule has 2 fully saturated rings. The predicted octanol–water partition coefficient (Wildman–Crippen LogP) is 2.11. The number of rotatable bonds is 9. The quantitative estimate of drug-likeness (QED) is 0.414.